The lowest BCUT2D eigenvalue weighted by Crippen LogP contribution is -2.38. The van der Waals surface area contributed by atoms with Crippen LogP contribution in [0.3, 0.4) is 0 Å². The van der Waals surface area contributed by atoms with Gasteiger partial charge in [-0.25, -0.2) is 15.0 Å². The van der Waals surface area contributed by atoms with Crippen LogP contribution < -0.4 is 5.32 Å². The highest BCUT2D eigenvalue weighted by atomic mass is 127. The fourth-order valence-corrected chi connectivity index (χ4v) is 4.63. The van der Waals surface area contributed by atoms with E-state index in [1.165, 1.54) is 34.8 Å². The molecule has 28 heavy (non-hydrogen) atoms. The Kier molecular flexibility index (Phi) is 9.20. The molecule has 2 aromatic heterocycles. The van der Waals surface area contributed by atoms with E-state index in [4.69, 9.17) is 9.98 Å². The first-order valence-corrected chi connectivity index (χ1v) is 10.8. The maximum Gasteiger partial charge on any atom is 0.194 e. The molecule has 0 radical (unpaired) electrons. The highest BCUT2D eigenvalue weighted by molar-refractivity contribution is 14.0. The van der Waals surface area contributed by atoms with Crippen molar-refractivity contribution in [3.63, 3.8) is 0 Å². The Morgan fingerprint density at radius 3 is 2.86 bits per heavy atom. The average molecular weight is 516 g/mol. The van der Waals surface area contributed by atoms with Crippen molar-refractivity contribution < 1.29 is 0 Å². The molecule has 0 spiro atoms. The van der Waals surface area contributed by atoms with E-state index < -0.39 is 0 Å². The van der Waals surface area contributed by atoms with Crippen molar-refractivity contribution in [1.82, 2.24) is 24.8 Å². The Morgan fingerprint density at radius 2 is 2.14 bits per heavy atom. The molecule has 0 saturated carbocycles. The van der Waals surface area contributed by atoms with Crippen molar-refractivity contribution in [2.45, 2.75) is 66.1 Å². The number of nitrogens with one attached hydrogen (secondary N) is 1. The Labute approximate surface area is 189 Å². The SMILES string of the molecule is CCNC(=NCc1nccn1CC(C)C)N(C)Cc1nc2c(s1)CCCC2.I. The zero-order chi connectivity index (χ0) is 19.2. The summed E-state index contributed by atoms with van der Waals surface area (Å²) >= 11 is 1.87. The number of aryl methyl sites for hydroxylation is 2. The van der Waals surface area contributed by atoms with Crippen LogP contribution in [0.25, 0.3) is 0 Å². The highest BCUT2D eigenvalue weighted by Gasteiger charge is 2.17. The van der Waals surface area contributed by atoms with Gasteiger partial charge in [0.25, 0.3) is 0 Å². The molecule has 156 valence electrons. The fraction of sp³-hybridized carbons (Fsp3) is 0.650. The monoisotopic (exact) mass is 516 g/mol. The molecule has 0 amide bonds. The summed E-state index contributed by atoms with van der Waals surface area (Å²) in [6.07, 6.45) is 8.83. The molecular formula is C20H33IN6S. The van der Waals surface area contributed by atoms with E-state index in [1.807, 2.05) is 23.7 Å². The summed E-state index contributed by atoms with van der Waals surface area (Å²) in [5, 5.41) is 4.59. The number of aliphatic imine (C=N–C) groups is 1. The molecule has 0 aromatic carbocycles. The summed E-state index contributed by atoms with van der Waals surface area (Å²) in [5.74, 6) is 2.51. The third-order valence-electron chi connectivity index (χ3n) is 4.69. The molecule has 1 N–H and O–H groups in total. The van der Waals surface area contributed by atoms with Crippen LogP contribution in [0.4, 0.5) is 0 Å². The minimum Gasteiger partial charge on any atom is -0.357 e. The maximum atomic E-state index is 4.87. The van der Waals surface area contributed by atoms with Gasteiger partial charge in [-0.2, -0.15) is 0 Å². The van der Waals surface area contributed by atoms with Crippen LogP contribution in [0, 0.1) is 5.92 Å². The number of nitrogens with zero attached hydrogens (tertiary/aromatic N) is 5. The van der Waals surface area contributed by atoms with Gasteiger partial charge in [0.15, 0.2) is 5.96 Å². The van der Waals surface area contributed by atoms with E-state index in [0.717, 1.165) is 37.8 Å². The van der Waals surface area contributed by atoms with Gasteiger partial charge in [-0.3, -0.25) is 0 Å². The summed E-state index contributed by atoms with van der Waals surface area (Å²) in [6.45, 7) is 9.74. The third-order valence-corrected chi connectivity index (χ3v) is 5.83. The first-order chi connectivity index (χ1) is 13.1. The zero-order valence-corrected chi connectivity index (χ0v) is 20.6. The lowest BCUT2D eigenvalue weighted by atomic mass is 10.0. The van der Waals surface area contributed by atoms with Crippen molar-refractivity contribution in [2.75, 3.05) is 13.6 Å². The van der Waals surface area contributed by atoms with Gasteiger partial charge in [-0.1, -0.05) is 13.8 Å². The molecule has 1 aliphatic rings. The summed E-state index contributed by atoms with van der Waals surface area (Å²) in [5.41, 5.74) is 1.33. The Hall–Kier alpha value is -1.16. The Bertz CT molecular complexity index is 743. The average Bonchev–Trinajstić information content (AvgIpc) is 3.23. The predicted molar refractivity (Wildman–Crippen MR) is 128 cm³/mol. The molecule has 6 nitrogen and oxygen atoms in total. The van der Waals surface area contributed by atoms with Crippen LogP contribution in [0.15, 0.2) is 17.4 Å². The van der Waals surface area contributed by atoms with E-state index in [0.29, 0.717) is 12.5 Å². The molecular weight excluding hydrogens is 483 g/mol. The quantitative estimate of drug-likeness (QED) is 0.342. The second-order valence-electron chi connectivity index (χ2n) is 7.60. The second-order valence-corrected chi connectivity index (χ2v) is 8.77. The lowest BCUT2D eigenvalue weighted by Gasteiger charge is -2.21. The van der Waals surface area contributed by atoms with Gasteiger partial charge in [0.05, 0.1) is 12.2 Å². The van der Waals surface area contributed by atoms with E-state index >= 15 is 0 Å². The third kappa shape index (κ3) is 6.17. The number of fused-ring (bicyclic) bond motifs is 1. The van der Waals surface area contributed by atoms with Crippen LogP contribution in [0.5, 0.6) is 0 Å². The number of rotatable bonds is 7. The van der Waals surface area contributed by atoms with Crippen LogP contribution in [-0.4, -0.2) is 39.0 Å². The van der Waals surface area contributed by atoms with Crippen LogP contribution >= 0.6 is 35.3 Å². The van der Waals surface area contributed by atoms with Crippen molar-refractivity contribution in [1.29, 1.82) is 0 Å². The largest absolute Gasteiger partial charge is 0.357 e. The standard InChI is InChI=1S/C20H32N6S.HI/c1-5-21-20(23-12-18-22-10-11-26(18)13-15(2)3)25(4)14-19-24-16-8-6-7-9-17(16)27-19;/h10-11,15H,5-9,12-14H2,1-4H3,(H,21,23);1H. The van der Waals surface area contributed by atoms with E-state index in [2.05, 4.69) is 47.6 Å². The first-order valence-electron chi connectivity index (χ1n) is 10.0. The van der Waals surface area contributed by atoms with Crippen molar-refractivity contribution in [2.24, 2.45) is 10.9 Å². The summed E-state index contributed by atoms with van der Waals surface area (Å²) in [6, 6.07) is 0. The van der Waals surface area contributed by atoms with Crippen molar-refractivity contribution in [3.05, 3.63) is 33.8 Å². The lowest BCUT2D eigenvalue weighted by molar-refractivity contribution is 0.472. The van der Waals surface area contributed by atoms with Gasteiger partial charge >= 0.3 is 0 Å². The molecule has 1 aliphatic carbocycles. The topological polar surface area (TPSA) is 58.3 Å². The Balaban J connectivity index is 0.00000280. The van der Waals surface area contributed by atoms with Gasteiger partial charge in [0.2, 0.25) is 0 Å². The summed E-state index contributed by atoms with van der Waals surface area (Å²) in [4.78, 5) is 17.8. The number of aromatic nitrogens is 3. The second kappa shape index (κ2) is 11.1. The number of hydrogen-bond acceptors (Lipinski definition) is 4. The molecule has 0 atom stereocenters. The van der Waals surface area contributed by atoms with Crippen molar-refractivity contribution >= 4 is 41.3 Å². The van der Waals surface area contributed by atoms with E-state index in [-0.39, 0.29) is 24.0 Å². The summed E-state index contributed by atoms with van der Waals surface area (Å²) < 4.78 is 2.20. The highest BCUT2D eigenvalue weighted by Crippen LogP contribution is 2.27. The molecule has 2 heterocycles. The number of guanidine groups is 1. The van der Waals surface area contributed by atoms with Crippen LogP contribution in [0.1, 0.15) is 55.0 Å². The zero-order valence-electron chi connectivity index (χ0n) is 17.4. The van der Waals surface area contributed by atoms with Gasteiger partial charge in [0, 0.05) is 37.4 Å². The van der Waals surface area contributed by atoms with Gasteiger partial charge in [-0.05, 0) is 38.5 Å². The van der Waals surface area contributed by atoms with Gasteiger partial charge in [-0.15, -0.1) is 35.3 Å². The molecule has 3 rings (SSSR count). The number of halogens is 1. The fourth-order valence-electron chi connectivity index (χ4n) is 3.42. The molecule has 0 saturated heterocycles. The number of thiazole rings is 1. The van der Waals surface area contributed by atoms with Gasteiger partial charge in [0.1, 0.15) is 17.4 Å². The van der Waals surface area contributed by atoms with Crippen LogP contribution in [0.2, 0.25) is 0 Å². The molecule has 0 unspecified atom stereocenters. The first kappa shape index (κ1) is 23.1. The molecule has 0 aliphatic heterocycles. The molecule has 8 heteroatoms. The maximum absolute atomic E-state index is 4.87. The molecule has 0 fully saturated rings. The van der Waals surface area contributed by atoms with E-state index in [1.54, 1.807) is 0 Å². The number of hydrogen-bond donors (Lipinski definition) is 1. The molecule has 2 aromatic rings. The predicted octanol–water partition coefficient (Wildman–Crippen LogP) is 4.09. The van der Waals surface area contributed by atoms with Crippen LogP contribution in [-0.2, 0) is 32.5 Å². The molecule has 0 bridgehead atoms. The smallest absolute Gasteiger partial charge is 0.194 e. The minimum absolute atomic E-state index is 0. The summed E-state index contributed by atoms with van der Waals surface area (Å²) in [7, 11) is 2.09. The normalized spacial score (nSPS) is 14.0. The van der Waals surface area contributed by atoms with E-state index in [9.17, 15) is 0 Å². The number of imidazole rings is 1. The van der Waals surface area contributed by atoms with Crippen molar-refractivity contribution in [3.8, 4) is 0 Å². The minimum atomic E-state index is 0. The van der Waals surface area contributed by atoms with Gasteiger partial charge < -0.3 is 14.8 Å². The Morgan fingerprint density at radius 1 is 1.36 bits per heavy atom.